The van der Waals surface area contributed by atoms with Gasteiger partial charge in [-0.2, -0.15) is 0 Å². The molecular formula is C8H15N3. The van der Waals surface area contributed by atoms with Crippen LogP contribution in [0.25, 0.3) is 0 Å². The molecule has 62 valence electrons. The zero-order chi connectivity index (χ0) is 8.10. The summed E-state index contributed by atoms with van der Waals surface area (Å²) >= 11 is 0. The number of nitrogens with zero attached hydrogens (tertiary/aromatic N) is 2. The first-order valence-corrected chi connectivity index (χ1v) is 4.02. The Morgan fingerprint density at radius 2 is 2.45 bits per heavy atom. The van der Waals surface area contributed by atoms with Crippen molar-refractivity contribution in [3.05, 3.63) is 18.2 Å². The van der Waals surface area contributed by atoms with Crippen LogP contribution in [0.4, 0.5) is 0 Å². The van der Waals surface area contributed by atoms with E-state index in [4.69, 9.17) is 0 Å². The average Bonchev–Trinajstić information content (AvgIpc) is 2.48. The topological polar surface area (TPSA) is 29.9 Å². The van der Waals surface area contributed by atoms with Gasteiger partial charge in [0.25, 0.3) is 0 Å². The van der Waals surface area contributed by atoms with Crippen molar-refractivity contribution < 1.29 is 0 Å². The van der Waals surface area contributed by atoms with Crippen LogP contribution in [-0.4, -0.2) is 23.1 Å². The van der Waals surface area contributed by atoms with Crippen molar-refractivity contribution >= 4 is 0 Å². The third-order valence-electron chi connectivity index (χ3n) is 1.68. The molecule has 0 saturated heterocycles. The van der Waals surface area contributed by atoms with E-state index in [1.807, 2.05) is 13.4 Å². The lowest BCUT2D eigenvalue weighted by Gasteiger charge is -1.94. The molecule has 0 aliphatic carbocycles. The molecule has 0 amide bonds. The Morgan fingerprint density at radius 1 is 1.64 bits per heavy atom. The Morgan fingerprint density at radius 3 is 3.00 bits per heavy atom. The van der Waals surface area contributed by atoms with E-state index in [2.05, 4.69) is 28.0 Å². The summed E-state index contributed by atoms with van der Waals surface area (Å²) in [6.07, 6.45) is 4.99. The van der Waals surface area contributed by atoms with Gasteiger partial charge in [-0.3, -0.25) is 0 Å². The first-order valence-electron chi connectivity index (χ1n) is 4.02. The van der Waals surface area contributed by atoms with Crippen LogP contribution in [0.3, 0.4) is 0 Å². The molecule has 0 aromatic carbocycles. The minimum atomic E-state index is 1.00. The number of hydrogen-bond acceptors (Lipinski definition) is 2. The van der Waals surface area contributed by atoms with Crippen LogP contribution < -0.4 is 5.32 Å². The molecule has 0 unspecified atom stereocenters. The zero-order valence-electron chi connectivity index (χ0n) is 7.17. The summed E-state index contributed by atoms with van der Waals surface area (Å²) in [5, 5.41) is 3.09. The van der Waals surface area contributed by atoms with E-state index < -0.39 is 0 Å². The van der Waals surface area contributed by atoms with Gasteiger partial charge in [0.2, 0.25) is 0 Å². The van der Waals surface area contributed by atoms with Gasteiger partial charge in [-0.15, -0.1) is 0 Å². The minimum absolute atomic E-state index is 1.00. The number of aryl methyl sites for hydroxylation is 1. The van der Waals surface area contributed by atoms with Gasteiger partial charge >= 0.3 is 0 Å². The van der Waals surface area contributed by atoms with Crippen LogP contribution in [0, 0.1) is 0 Å². The lowest BCUT2D eigenvalue weighted by atomic mass is 10.3. The van der Waals surface area contributed by atoms with Crippen LogP contribution in [0.2, 0.25) is 0 Å². The van der Waals surface area contributed by atoms with Crippen LogP contribution >= 0.6 is 0 Å². The Labute approximate surface area is 67.4 Å². The van der Waals surface area contributed by atoms with Crippen molar-refractivity contribution in [3.63, 3.8) is 0 Å². The highest BCUT2D eigenvalue weighted by molar-refractivity contribution is 4.96. The first kappa shape index (κ1) is 8.27. The SMILES string of the molecule is CCn1cnc(CCNC)c1. The second-order valence-electron chi connectivity index (χ2n) is 2.55. The number of likely N-dealkylation sites (N-methyl/N-ethyl adjacent to an activating group) is 1. The van der Waals surface area contributed by atoms with E-state index in [1.165, 1.54) is 5.69 Å². The average molecular weight is 153 g/mol. The normalized spacial score (nSPS) is 10.4. The summed E-state index contributed by atoms with van der Waals surface area (Å²) < 4.78 is 2.09. The molecule has 0 aliphatic heterocycles. The van der Waals surface area contributed by atoms with Gasteiger partial charge in [-0.25, -0.2) is 4.98 Å². The molecular weight excluding hydrogens is 138 g/mol. The molecule has 1 heterocycles. The summed E-state index contributed by atoms with van der Waals surface area (Å²) in [6, 6.07) is 0. The standard InChI is InChI=1S/C8H15N3/c1-3-11-6-8(10-7-11)4-5-9-2/h6-7,9H,3-5H2,1-2H3. The maximum absolute atomic E-state index is 4.25. The Bertz CT molecular complexity index is 205. The minimum Gasteiger partial charge on any atom is -0.337 e. The molecule has 11 heavy (non-hydrogen) atoms. The molecule has 0 saturated carbocycles. The fourth-order valence-corrected chi connectivity index (χ4v) is 0.962. The molecule has 0 spiro atoms. The highest BCUT2D eigenvalue weighted by atomic mass is 15.0. The third kappa shape index (κ3) is 2.35. The van der Waals surface area contributed by atoms with E-state index in [0.717, 1.165) is 19.5 Å². The molecule has 0 radical (unpaired) electrons. The van der Waals surface area contributed by atoms with Crippen LogP contribution in [0.1, 0.15) is 12.6 Å². The van der Waals surface area contributed by atoms with Crippen molar-refractivity contribution in [1.82, 2.24) is 14.9 Å². The predicted molar refractivity (Wildman–Crippen MR) is 45.5 cm³/mol. The second-order valence-corrected chi connectivity index (χ2v) is 2.55. The predicted octanol–water partition coefficient (Wildman–Crippen LogP) is 0.665. The van der Waals surface area contributed by atoms with Gasteiger partial charge in [-0.1, -0.05) is 0 Å². The molecule has 0 aliphatic rings. The molecule has 1 N–H and O–H groups in total. The Balaban J connectivity index is 2.44. The van der Waals surface area contributed by atoms with Gasteiger partial charge in [0.1, 0.15) is 0 Å². The smallest absolute Gasteiger partial charge is 0.0949 e. The van der Waals surface area contributed by atoms with E-state index in [1.54, 1.807) is 0 Å². The van der Waals surface area contributed by atoms with Gasteiger partial charge < -0.3 is 9.88 Å². The fraction of sp³-hybridized carbons (Fsp3) is 0.625. The van der Waals surface area contributed by atoms with E-state index in [-0.39, 0.29) is 0 Å². The zero-order valence-corrected chi connectivity index (χ0v) is 7.17. The molecule has 0 fully saturated rings. The van der Waals surface area contributed by atoms with E-state index in [9.17, 15) is 0 Å². The summed E-state index contributed by atoms with van der Waals surface area (Å²) in [7, 11) is 1.96. The van der Waals surface area contributed by atoms with Crippen molar-refractivity contribution in [1.29, 1.82) is 0 Å². The number of imidazole rings is 1. The highest BCUT2D eigenvalue weighted by Crippen LogP contribution is 1.95. The number of rotatable bonds is 4. The Kier molecular flexibility index (Phi) is 3.11. The van der Waals surface area contributed by atoms with E-state index in [0.29, 0.717) is 0 Å². The molecule has 1 aromatic heterocycles. The molecule has 0 atom stereocenters. The van der Waals surface area contributed by atoms with Gasteiger partial charge in [-0.05, 0) is 14.0 Å². The lowest BCUT2D eigenvalue weighted by molar-refractivity contribution is 0.755. The van der Waals surface area contributed by atoms with Gasteiger partial charge in [0.15, 0.2) is 0 Å². The summed E-state index contributed by atoms with van der Waals surface area (Å²) in [5.41, 5.74) is 1.17. The molecule has 1 aromatic rings. The maximum Gasteiger partial charge on any atom is 0.0949 e. The molecule has 1 rings (SSSR count). The second kappa shape index (κ2) is 4.13. The summed E-state index contributed by atoms with van der Waals surface area (Å²) in [4.78, 5) is 4.25. The van der Waals surface area contributed by atoms with Crippen molar-refractivity contribution in [2.24, 2.45) is 0 Å². The number of aromatic nitrogens is 2. The van der Waals surface area contributed by atoms with Crippen LogP contribution in [0.15, 0.2) is 12.5 Å². The van der Waals surface area contributed by atoms with Crippen LogP contribution in [-0.2, 0) is 13.0 Å². The fourth-order valence-electron chi connectivity index (χ4n) is 0.962. The summed E-state index contributed by atoms with van der Waals surface area (Å²) in [5.74, 6) is 0. The van der Waals surface area contributed by atoms with E-state index >= 15 is 0 Å². The Hall–Kier alpha value is -0.830. The molecule has 3 heteroatoms. The summed E-state index contributed by atoms with van der Waals surface area (Å²) in [6.45, 7) is 4.12. The lowest BCUT2D eigenvalue weighted by Crippen LogP contribution is -2.10. The van der Waals surface area contributed by atoms with Crippen molar-refractivity contribution in [2.75, 3.05) is 13.6 Å². The molecule has 0 bridgehead atoms. The highest BCUT2D eigenvalue weighted by Gasteiger charge is 1.94. The van der Waals surface area contributed by atoms with Crippen molar-refractivity contribution in [2.45, 2.75) is 19.9 Å². The number of nitrogens with one attached hydrogen (secondary N) is 1. The van der Waals surface area contributed by atoms with Gasteiger partial charge in [0.05, 0.1) is 12.0 Å². The van der Waals surface area contributed by atoms with Gasteiger partial charge in [0, 0.05) is 25.7 Å². The van der Waals surface area contributed by atoms with Crippen molar-refractivity contribution in [3.8, 4) is 0 Å². The maximum atomic E-state index is 4.25. The largest absolute Gasteiger partial charge is 0.337 e. The monoisotopic (exact) mass is 153 g/mol. The quantitative estimate of drug-likeness (QED) is 0.689. The third-order valence-corrected chi connectivity index (χ3v) is 1.68. The van der Waals surface area contributed by atoms with Crippen LogP contribution in [0.5, 0.6) is 0 Å². The first-order chi connectivity index (χ1) is 5.36. The number of hydrogen-bond donors (Lipinski definition) is 1. The molecule has 3 nitrogen and oxygen atoms in total.